The number of anilines is 2. The van der Waals surface area contributed by atoms with E-state index in [1.807, 2.05) is 12.1 Å². The molecule has 4 aromatic carbocycles. The number of hydrogen-bond donors (Lipinski definition) is 0. The Balaban J connectivity index is 0.000000214. The molecule has 0 radical (unpaired) electrons. The fraction of sp³-hybridized carbons (Fsp3) is 0.211. The van der Waals surface area contributed by atoms with Gasteiger partial charge in [0.05, 0.1) is 57.8 Å². The number of alkyl halides is 6. The van der Waals surface area contributed by atoms with Crippen molar-refractivity contribution < 1.29 is 43.2 Å². The van der Waals surface area contributed by atoms with E-state index in [4.69, 9.17) is 0 Å². The predicted molar refractivity (Wildman–Crippen MR) is 204 cm³/mol. The third-order valence-corrected chi connectivity index (χ3v) is 12.3. The van der Waals surface area contributed by atoms with Gasteiger partial charge in [0.1, 0.15) is 0 Å². The Kier molecular flexibility index (Phi) is 12.0. The molecule has 0 aliphatic rings. The van der Waals surface area contributed by atoms with E-state index in [9.17, 15) is 43.2 Å². The molecular formula is C38H36F6N6O4S2. The molecule has 0 unspecified atom stereocenters. The SMILES string of the molecule is CCS(=O)(=O)N(C)c1cccc(-c2cnn(-c3ccc(C(F)(F)F)cc3)c2)c1.CCS(=O)(=O)N(C)c1cccc(-c2cnn(-c3ccc(C(F)(F)F)cc3)c2)c1. The number of aromatic nitrogens is 4. The molecule has 0 bridgehead atoms. The summed E-state index contributed by atoms with van der Waals surface area (Å²) in [6, 6.07) is 23.3. The number of sulfonamides is 2. The van der Waals surface area contributed by atoms with E-state index in [1.165, 1.54) is 56.3 Å². The van der Waals surface area contributed by atoms with Gasteiger partial charge in [-0.2, -0.15) is 36.5 Å². The smallest absolute Gasteiger partial charge is 0.273 e. The molecule has 0 spiro atoms. The maximum Gasteiger partial charge on any atom is 0.416 e. The molecule has 0 saturated carbocycles. The Hall–Kier alpha value is -5.62. The Morgan fingerprint density at radius 1 is 0.536 bits per heavy atom. The highest BCUT2D eigenvalue weighted by atomic mass is 32.2. The van der Waals surface area contributed by atoms with Gasteiger partial charge in [0.2, 0.25) is 20.0 Å². The van der Waals surface area contributed by atoms with E-state index < -0.39 is 43.5 Å². The minimum atomic E-state index is -4.39. The molecule has 0 aliphatic carbocycles. The number of rotatable bonds is 10. The maximum absolute atomic E-state index is 12.7. The van der Waals surface area contributed by atoms with Gasteiger partial charge in [-0.1, -0.05) is 24.3 Å². The normalized spacial score (nSPS) is 12.2. The summed E-state index contributed by atoms with van der Waals surface area (Å²) in [7, 11) is -3.79. The lowest BCUT2D eigenvalue weighted by Crippen LogP contribution is -2.27. The van der Waals surface area contributed by atoms with Crippen LogP contribution in [0.25, 0.3) is 33.6 Å². The van der Waals surface area contributed by atoms with E-state index in [0.717, 1.165) is 35.4 Å². The zero-order valence-electron chi connectivity index (χ0n) is 30.4. The van der Waals surface area contributed by atoms with Crippen molar-refractivity contribution in [1.82, 2.24) is 19.6 Å². The van der Waals surface area contributed by atoms with Gasteiger partial charge in [-0.05, 0) is 97.8 Å². The topological polar surface area (TPSA) is 110 Å². The van der Waals surface area contributed by atoms with E-state index in [1.54, 1.807) is 75.0 Å². The Morgan fingerprint density at radius 3 is 1.18 bits per heavy atom. The summed E-state index contributed by atoms with van der Waals surface area (Å²) in [6.45, 7) is 3.15. The third-order valence-electron chi connectivity index (χ3n) is 8.73. The van der Waals surface area contributed by atoms with Crippen LogP contribution in [-0.4, -0.2) is 62.0 Å². The molecular weight excluding hydrogens is 783 g/mol. The van der Waals surface area contributed by atoms with Crippen LogP contribution in [0.4, 0.5) is 37.7 Å². The second kappa shape index (κ2) is 16.2. The van der Waals surface area contributed by atoms with Crippen LogP contribution in [0.1, 0.15) is 25.0 Å². The van der Waals surface area contributed by atoms with Crippen LogP contribution in [0.15, 0.2) is 122 Å². The first-order valence-electron chi connectivity index (χ1n) is 16.8. The Morgan fingerprint density at radius 2 is 0.875 bits per heavy atom. The highest BCUT2D eigenvalue weighted by Gasteiger charge is 2.31. The predicted octanol–water partition coefficient (Wildman–Crippen LogP) is 8.69. The molecule has 296 valence electrons. The molecule has 2 aromatic heterocycles. The Bertz CT molecular complexity index is 2320. The average molecular weight is 819 g/mol. The summed E-state index contributed by atoms with van der Waals surface area (Å²) in [4.78, 5) is 0. The van der Waals surface area contributed by atoms with E-state index in [2.05, 4.69) is 10.2 Å². The van der Waals surface area contributed by atoms with Gasteiger partial charge >= 0.3 is 12.4 Å². The molecule has 2 heterocycles. The molecule has 0 atom stereocenters. The summed E-state index contributed by atoms with van der Waals surface area (Å²) in [5.74, 6) is -0.0286. The minimum absolute atomic E-state index is 0.0143. The van der Waals surface area contributed by atoms with Crippen molar-refractivity contribution in [2.45, 2.75) is 26.2 Å². The lowest BCUT2D eigenvalue weighted by atomic mass is 10.1. The lowest BCUT2D eigenvalue weighted by Gasteiger charge is -2.18. The summed E-state index contributed by atoms with van der Waals surface area (Å²) in [5, 5.41) is 8.40. The van der Waals surface area contributed by atoms with Crippen LogP contribution in [0, 0.1) is 0 Å². The van der Waals surface area contributed by atoms with Crippen LogP contribution < -0.4 is 8.61 Å². The van der Waals surface area contributed by atoms with Crippen LogP contribution in [0.3, 0.4) is 0 Å². The zero-order chi connectivity index (χ0) is 41.1. The highest BCUT2D eigenvalue weighted by Crippen LogP contribution is 2.32. The van der Waals surface area contributed by atoms with Crippen LogP contribution in [0.2, 0.25) is 0 Å². The van der Waals surface area contributed by atoms with Crippen LogP contribution in [-0.2, 0) is 32.4 Å². The number of nitrogens with zero attached hydrogens (tertiary/aromatic N) is 6. The van der Waals surface area contributed by atoms with Crippen molar-refractivity contribution >= 4 is 31.4 Å². The van der Waals surface area contributed by atoms with Crippen molar-refractivity contribution in [3.05, 3.63) is 133 Å². The van der Waals surface area contributed by atoms with Crippen LogP contribution >= 0.6 is 0 Å². The summed E-state index contributed by atoms with van der Waals surface area (Å²) in [6.07, 6.45) is -2.28. The fourth-order valence-corrected chi connectivity index (χ4v) is 6.95. The van der Waals surface area contributed by atoms with E-state index in [-0.39, 0.29) is 11.5 Å². The second-order valence-electron chi connectivity index (χ2n) is 12.3. The minimum Gasteiger partial charge on any atom is -0.273 e. The fourth-order valence-electron chi connectivity index (χ4n) is 5.30. The Labute approximate surface area is 320 Å². The van der Waals surface area contributed by atoms with Gasteiger partial charge in [-0.3, -0.25) is 8.61 Å². The van der Waals surface area contributed by atoms with Gasteiger partial charge in [0.25, 0.3) is 0 Å². The molecule has 56 heavy (non-hydrogen) atoms. The first kappa shape index (κ1) is 41.5. The molecule has 0 fully saturated rings. The highest BCUT2D eigenvalue weighted by molar-refractivity contribution is 7.93. The zero-order valence-corrected chi connectivity index (χ0v) is 32.0. The standard InChI is InChI=1S/2C19H18F3N3O2S/c2*1-3-28(26,27)24(2)18-6-4-5-14(11-18)15-12-23-25(13-15)17-9-7-16(8-10-17)19(20,21)22/h2*4-13H,3H2,1-2H3. The van der Waals surface area contributed by atoms with E-state index >= 15 is 0 Å². The average Bonchev–Trinajstić information content (AvgIpc) is 3.89. The maximum atomic E-state index is 12.7. The number of halogens is 6. The van der Waals surface area contributed by atoms with Gasteiger partial charge < -0.3 is 0 Å². The van der Waals surface area contributed by atoms with E-state index in [0.29, 0.717) is 33.9 Å². The molecule has 18 heteroatoms. The molecule has 0 N–H and O–H groups in total. The third kappa shape index (κ3) is 9.60. The number of hydrogen-bond acceptors (Lipinski definition) is 6. The van der Waals surface area contributed by atoms with Crippen molar-refractivity contribution in [2.24, 2.45) is 0 Å². The first-order valence-corrected chi connectivity index (χ1v) is 20.0. The molecule has 0 aliphatic heterocycles. The largest absolute Gasteiger partial charge is 0.416 e. The van der Waals surface area contributed by atoms with Gasteiger partial charge in [0, 0.05) is 37.6 Å². The second-order valence-corrected chi connectivity index (χ2v) is 16.9. The van der Waals surface area contributed by atoms with Crippen LogP contribution in [0.5, 0.6) is 0 Å². The molecule has 6 aromatic rings. The quantitative estimate of drug-likeness (QED) is 0.128. The van der Waals surface area contributed by atoms with Crippen molar-refractivity contribution in [1.29, 1.82) is 0 Å². The van der Waals surface area contributed by atoms with Gasteiger partial charge in [-0.15, -0.1) is 0 Å². The van der Waals surface area contributed by atoms with Gasteiger partial charge in [-0.25, -0.2) is 26.2 Å². The number of benzene rings is 4. The molecule has 10 nitrogen and oxygen atoms in total. The summed E-state index contributed by atoms with van der Waals surface area (Å²) < 4.78 is 130. The molecule has 6 rings (SSSR count). The summed E-state index contributed by atoms with van der Waals surface area (Å²) >= 11 is 0. The first-order chi connectivity index (χ1) is 26.2. The summed E-state index contributed by atoms with van der Waals surface area (Å²) in [5.41, 5.74) is 3.47. The lowest BCUT2D eigenvalue weighted by molar-refractivity contribution is -0.138. The molecule has 0 saturated heterocycles. The van der Waals surface area contributed by atoms with Crippen molar-refractivity contribution in [3.8, 4) is 33.6 Å². The van der Waals surface area contributed by atoms with Crippen molar-refractivity contribution in [2.75, 3.05) is 34.2 Å². The molecule has 0 amide bonds. The monoisotopic (exact) mass is 818 g/mol. The van der Waals surface area contributed by atoms with Gasteiger partial charge in [0.15, 0.2) is 0 Å². The van der Waals surface area contributed by atoms with Crippen molar-refractivity contribution in [3.63, 3.8) is 0 Å².